The molecule has 15 heavy (non-hydrogen) atoms. The Bertz CT molecular complexity index is 224. The second kappa shape index (κ2) is 4.97. The summed E-state index contributed by atoms with van der Waals surface area (Å²) in [6.07, 6.45) is 8.08. The highest BCUT2D eigenvalue weighted by Crippen LogP contribution is 2.29. The normalized spacial score (nSPS) is 28.7. The van der Waals surface area contributed by atoms with Gasteiger partial charge in [0.05, 0.1) is 6.42 Å². The standard InChI is InChI=1S/C12H21NO2/c14-12(15)8-11-6-3-7-13(11)9-10-4-1-2-5-10/h10-11H,1-9H2,(H,14,15). The van der Waals surface area contributed by atoms with Gasteiger partial charge < -0.3 is 5.11 Å². The van der Waals surface area contributed by atoms with E-state index in [9.17, 15) is 4.79 Å². The van der Waals surface area contributed by atoms with Crippen molar-refractivity contribution in [3.63, 3.8) is 0 Å². The molecule has 2 aliphatic rings. The lowest BCUT2D eigenvalue weighted by molar-refractivity contribution is -0.138. The van der Waals surface area contributed by atoms with Gasteiger partial charge in [-0.1, -0.05) is 12.8 Å². The number of carboxylic acids is 1. The van der Waals surface area contributed by atoms with Crippen molar-refractivity contribution in [1.29, 1.82) is 0 Å². The summed E-state index contributed by atoms with van der Waals surface area (Å²) in [6.45, 7) is 2.27. The van der Waals surface area contributed by atoms with Crippen molar-refractivity contribution in [3.8, 4) is 0 Å². The second-order valence-corrected chi connectivity index (χ2v) is 5.04. The molecule has 1 saturated carbocycles. The van der Waals surface area contributed by atoms with Crippen LogP contribution in [0.15, 0.2) is 0 Å². The van der Waals surface area contributed by atoms with Gasteiger partial charge in [-0.3, -0.25) is 9.69 Å². The number of hydrogen-bond acceptors (Lipinski definition) is 2. The Kier molecular flexibility index (Phi) is 3.62. The summed E-state index contributed by atoms with van der Waals surface area (Å²) in [5.74, 6) is 0.206. The van der Waals surface area contributed by atoms with Crippen molar-refractivity contribution >= 4 is 5.97 Å². The van der Waals surface area contributed by atoms with E-state index < -0.39 is 5.97 Å². The number of nitrogens with zero attached hydrogens (tertiary/aromatic N) is 1. The van der Waals surface area contributed by atoms with Crippen molar-refractivity contribution in [3.05, 3.63) is 0 Å². The second-order valence-electron chi connectivity index (χ2n) is 5.04. The van der Waals surface area contributed by atoms with Gasteiger partial charge in [0.1, 0.15) is 0 Å². The first kappa shape index (κ1) is 10.9. The first-order chi connectivity index (χ1) is 7.25. The molecule has 0 aromatic rings. The molecule has 1 saturated heterocycles. The number of rotatable bonds is 4. The Morgan fingerprint density at radius 3 is 2.60 bits per heavy atom. The van der Waals surface area contributed by atoms with Crippen molar-refractivity contribution in [2.45, 2.75) is 51.0 Å². The molecule has 0 bridgehead atoms. The van der Waals surface area contributed by atoms with Gasteiger partial charge in [0.2, 0.25) is 0 Å². The van der Waals surface area contributed by atoms with Crippen LogP contribution in [0.25, 0.3) is 0 Å². The summed E-state index contributed by atoms with van der Waals surface area (Å²) in [5.41, 5.74) is 0. The van der Waals surface area contributed by atoms with Crippen LogP contribution in [0, 0.1) is 5.92 Å². The molecule has 0 spiro atoms. The Morgan fingerprint density at radius 2 is 1.93 bits per heavy atom. The van der Waals surface area contributed by atoms with Gasteiger partial charge in [-0.25, -0.2) is 0 Å². The van der Waals surface area contributed by atoms with Crippen molar-refractivity contribution < 1.29 is 9.90 Å². The number of hydrogen-bond donors (Lipinski definition) is 1. The SMILES string of the molecule is O=C(O)CC1CCCN1CC1CCCC1. The third-order valence-electron chi connectivity index (χ3n) is 3.88. The fraction of sp³-hybridized carbons (Fsp3) is 0.917. The van der Waals surface area contributed by atoms with Crippen molar-refractivity contribution in [1.82, 2.24) is 4.90 Å². The van der Waals surface area contributed by atoms with E-state index in [1.165, 1.54) is 32.1 Å². The quantitative estimate of drug-likeness (QED) is 0.774. The average molecular weight is 211 g/mol. The van der Waals surface area contributed by atoms with Crippen molar-refractivity contribution in [2.24, 2.45) is 5.92 Å². The van der Waals surface area contributed by atoms with Crippen molar-refractivity contribution in [2.75, 3.05) is 13.1 Å². The molecule has 3 heteroatoms. The molecular formula is C12H21NO2. The van der Waals surface area contributed by atoms with Gasteiger partial charge in [0.15, 0.2) is 0 Å². The third-order valence-corrected chi connectivity index (χ3v) is 3.88. The van der Waals surface area contributed by atoms with Gasteiger partial charge in [0.25, 0.3) is 0 Å². The summed E-state index contributed by atoms with van der Waals surface area (Å²) >= 11 is 0. The molecule has 1 heterocycles. The maximum atomic E-state index is 10.7. The smallest absolute Gasteiger partial charge is 0.304 e. The van der Waals surface area contributed by atoms with Gasteiger partial charge >= 0.3 is 5.97 Å². The van der Waals surface area contributed by atoms with Gasteiger partial charge in [0, 0.05) is 12.6 Å². The van der Waals surface area contributed by atoms with Crippen LogP contribution in [-0.4, -0.2) is 35.1 Å². The molecule has 0 amide bonds. The first-order valence-electron chi connectivity index (χ1n) is 6.21. The van der Waals surface area contributed by atoms with E-state index in [0.717, 1.165) is 25.4 Å². The predicted octanol–water partition coefficient (Wildman–Crippen LogP) is 2.12. The van der Waals surface area contributed by atoms with Crippen LogP contribution in [0.3, 0.4) is 0 Å². The van der Waals surface area contributed by atoms with Gasteiger partial charge in [-0.2, -0.15) is 0 Å². The number of likely N-dealkylation sites (tertiary alicyclic amines) is 1. The highest BCUT2D eigenvalue weighted by molar-refractivity contribution is 5.67. The number of carboxylic acid groups (broad SMARTS) is 1. The van der Waals surface area contributed by atoms with Crippen LogP contribution in [0.4, 0.5) is 0 Å². The summed E-state index contributed by atoms with van der Waals surface area (Å²) in [4.78, 5) is 13.1. The first-order valence-corrected chi connectivity index (χ1v) is 6.21. The summed E-state index contributed by atoms with van der Waals surface area (Å²) in [5, 5.41) is 8.83. The van der Waals surface area contributed by atoms with Crippen LogP contribution in [-0.2, 0) is 4.79 Å². The molecule has 1 aliphatic heterocycles. The molecule has 0 aromatic carbocycles. The highest BCUT2D eigenvalue weighted by atomic mass is 16.4. The summed E-state index contributed by atoms with van der Waals surface area (Å²) < 4.78 is 0. The molecule has 1 unspecified atom stereocenters. The Morgan fingerprint density at radius 1 is 1.20 bits per heavy atom. The van der Waals surface area contributed by atoms with Crippen LogP contribution < -0.4 is 0 Å². The van der Waals surface area contributed by atoms with Crippen LogP contribution in [0.1, 0.15) is 44.9 Å². The number of carbonyl (C=O) groups is 1. The molecule has 1 atom stereocenters. The van der Waals surface area contributed by atoms with E-state index in [1.54, 1.807) is 0 Å². The molecule has 3 nitrogen and oxygen atoms in total. The van der Waals surface area contributed by atoms with Crippen LogP contribution >= 0.6 is 0 Å². The maximum Gasteiger partial charge on any atom is 0.304 e. The minimum atomic E-state index is -0.640. The predicted molar refractivity (Wildman–Crippen MR) is 58.8 cm³/mol. The van der Waals surface area contributed by atoms with Crippen LogP contribution in [0.2, 0.25) is 0 Å². The minimum absolute atomic E-state index is 0.322. The highest BCUT2D eigenvalue weighted by Gasteiger charge is 2.29. The zero-order valence-electron chi connectivity index (χ0n) is 9.32. The van der Waals surface area contributed by atoms with E-state index in [-0.39, 0.29) is 0 Å². The average Bonchev–Trinajstić information content (AvgIpc) is 2.78. The lowest BCUT2D eigenvalue weighted by Gasteiger charge is -2.26. The zero-order valence-corrected chi connectivity index (χ0v) is 9.32. The maximum absolute atomic E-state index is 10.7. The minimum Gasteiger partial charge on any atom is -0.481 e. The fourth-order valence-corrected chi connectivity index (χ4v) is 3.09. The lowest BCUT2D eigenvalue weighted by atomic mass is 10.1. The molecular weight excluding hydrogens is 190 g/mol. The Hall–Kier alpha value is -0.570. The van der Waals surface area contributed by atoms with E-state index in [4.69, 9.17) is 5.11 Å². The van der Waals surface area contributed by atoms with E-state index in [1.807, 2.05) is 0 Å². The largest absolute Gasteiger partial charge is 0.481 e. The zero-order chi connectivity index (χ0) is 10.7. The monoisotopic (exact) mass is 211 g/mol. The van der Waals surface area contributed by atoms with Gasteiger partial charge in [-0.05, 0) is 38.1 Å². The fourth-order valence-electron chi connectivity index (χ4n) is 3.09. The molecule has 1 aliphatic carbocycles. The molecule has 2 rings (SSSR count). The summed E-state index contributed by atoms with van der Waals surface area (Å²) in [7, 11) is 0. The van der Waals surface area contributed by atoms with Gasteiger partial charge in [-0.15, -0.1) is 0 Å². The van der Waals surface area contributed by atoms with E-state index >= 15 is 0 Å². The topological polar surface area (TPSA) is 40.5 Å². The molecule has 0 aromatic heterocycles. The third kappa shape index (κ3) is 2.94. The Labute approximate surface area is 91.5 Å². The Balaban J connectivity index is 1.81. The molecule has 2 fully saturated rings. The van der Waals surface area contributed by atoms with Crippen LogP contribution in [0.5, 0.6) is 0 Å². The summed E-state index contributed by atoms with van der Waals surface area (Å²) in [6, 6.07) is 0.322. The molecule has 86 valence electrons. The van der Waals surface area contributed by atoms with E-state index in [2.05, 4.69) is 4.90 Å². The molecule has 1 N–H and O–H groups in total. The van der Waals surface area contributed by atoms with E-state index in [0.29, 0.717) is 12.5 Å². The number of aliphatic carboxylic acids is 1. The molecule has 0 radical (unpaired) electrons. The lowest BCUT2D eigenvalue weighted by Crippen LogP contribution is -2.34.